The maximum Gasteiger partial charge on any atom is 0.272 e. The van der Waals surface area contributed by atoms with E-state index in [0.29, 0.717) is 5.69 Å². The lowest BCUT2D eigenvalue weighted by molar-refractivity contribution is -0.385. The van der Waals surface area contributed by atoms with Gasteiger partial charge in [-0.15, -0.1) is 0 Å². The normalized spacial score (nSPS) is 26.6. The van der Waals surface area contributed by atoms with Crippen LogP contribution in [0.3, 0.4) is 0 Å². The van der Waals surface area contributed by atoms with Crippen molar-refractivity contribution < 1.29 is 9.31 Å². The monoisotopic (exact) mass is 279 g/mol. The average molecular weight is 279 g/mol. The predicted octanol–water partition coefficient (Wildman–Crippen LogP) is 2.27. The number of hydrogen-bond donors (Lipinski definition) is 0. The van der Waals surface area contributed by atoms with Gasteiger partial charge in [-0.25, -0.2) is 4.39 Å². The van der Waals surface area contributed by atoms with E-state index in [4.69, 9.17) is 0 Å². The molecular formula is C14H18FN3O2. The Hall–Kier alpha value is -1.69. The number of halogens is 1. The summed E-state index contributed by atoms with van der Waals surface area (Å²) in [4.78, 5) is 14.4. The van der Waals surface area contributed by atoms with Crippen molar-refractivity contribution in [3.8, 4) is 0 Å². The van der Waals surface area contributed by atoms with Crippen molar-refractivity contribution in [2.24, 2.45) is 5.41 Å². The van der Waals surface area contributed by atoms with E-state index in [-0.39, 0.29) is 11.1 Å². The summed E-state index contributed by atoms with van der Waals surface area (Å²) in [5, 5.41) is 10.6. The molecule has 3 rings (SSSR count). The van der Waals surface area contributed by atoms with Crippen LogP contribution in [0.1, 0.15) is 12.8 Å². The molecule has 2 heterocycles. The molecule has 20 heavy (non-hydrogen) atoms. The largest absolute Gasteiger partial charge is 0.369 e. The molecule has 0 N–H and O–H groups in total. The molecule has 6 heteroatoms. The van der Waals surface area contributed by atoms with Gasteiger partial charge in [-0.05, 0) is 32.5 Å². The van der Waals surface area contributed by atoms with Crippen LogP contribution >= 0.6 is 0 Å². The van der Waals surface area contributed by atoms with Gasteiger partial charge in [0, 0.05) is 31.1 Å². The maximum absolute atomic E-state index is 14.1. The lowest BCUT2D eigenvalue weighted by Gasteiger charge is -2.25. The molecule has 1 aromatic carbocycles. The molecule has 0 bridgehead atoms. The van der Waals surface area contributed by atoms with E-state index in [1.165, 1.54) is 12.1 Å². The van der Waals surface area contributed by atoms with E-state index in [9.17, 15) is 14.5 Å². The van der Waals surface area contributed by atoms with Crippen molar-refractivity contribution in [3.63, 3.8) is 0 Å². The van der Waals surface area contributed by atoms with Gasteiger partial charge in [-0.3, -0.25) is 10.1 Å². The summed E-state index contributed by atoms with van der Waals surface area (Å²) in [5.41, 5.74) is 0.561. The lowest BCUT2D eigenvalue weighted by Crippen LogP contribution is -2.30. The first-order chi connectivity index (χ1) is 9.49. The van der Waals surface area contributed by atoms with Crippen molar-refractivity contribution in [2.45, 2.75) is 12.8 Å². The third kappa shape index (κ3) is 2.24. The van der Waals surface area contributed by atoms with E-state index in [2.05, 4.69) is 11.9 Å². The van der Waals surface area contributed by atoms with E-state index in [1.54, 1.807) is 0 Å². The van der Waals surface area contributed by atoms with Crippen LogP contribution in [0.2, 0.25) is 0 Å². The molecule has 108 valence electrons. The highest BCUT2D eigenvalue weighted by Gasteiger charge is 2.42. The van der Waals surface area contributed by atoms with E-state index < -0.39 is 10.7 Å². The summed E-state index contributed by atoms with van der Waals surface area (Å²) < 4.78 is 14.1. The third-order valence-corrected chi connectivity index (χ3v) is 4.55. The molecule has 0 amide bonds. The summed E-state index contributed by atoms with van der Waals surface area (Å²) in [7, 11) is 2.11. The standard InChI is InChI=1S/C14H18FN3O2/c1-16-6-4-14(9-16)5-7-17(10-14)13-3-2-11(18(19)20)8-12(13)15/h2-3,8H,4-7,9-10H2,1H3. The van der Waals surface area contributed by atoms with Crippen LogP contribution in [0.25, 0.3) is 0 Å². The first kappa shape index (κ1) is 13.3. The van der Waals surface area contributed by atoms with Crippen LogP contribution in [-0.4, -0.2) is 43.0 Å². The number of anilines is 1. The number of hydrogen-bond acceptors (Lipinski definition) is 4. The second-order valence-corrected chi connectivity index (χ2v) is 6.05. The predicted molar refractivity (Wildman–Crippen MR) is 74.4 cm³/mol. The highest BCUT2D eigenvalue weighted by molar-refractivity contribution is 5.53. The molecular weight excluding hydrogens is 261 g/mol. The Balaban J connectivity index is 1.79. The Bertz CT molecular complexity index is 551. The van der Waals surface area contributed by atoms with Crippen LogP contribution < -0.4 is 4.90 Å². The van der Waals surface area contributed by atoms with Gasteiger partial charge in [-0.2, -0.15) is 0 Å². The molecule has 5 nitrogen and oxygen atoms in total. The number of likely N-dealkylation sites (tertiary alicyclic amines) is 1. The maximum atomic E-state index is 14.1. The summed E-state index contributed by atoms with van der Waals surface area (Å²) in [5.74, 6) is -0.498. The first-order valence-corrected chi connectivity index (χ1v) is 6.87. The summed E-state index contributed by atoms with van der Waals surface area (Å²) in [6.07, 6.45) is 2.21. The van der Waals surface area contributed by atoms with Crippen molar-refractivity contribution in [1.29, 1.82) is 0 Å². The van der Waals surface area contributed by atoms with E-state index >= 15 is 0 Å². The van der Waals surface area contributed by atoms with E-state index in [0.717, 1.165) is 45.1 Å². The van der Waals surface area contributed by atoms with Gasteiger partial charge in [0.05, 0.1) is 16.7 Å². The minimum Gasteiger partial charge on any atom is -0.369 e. The molecule has 1 unspecified atom stereocenters. The molecule has 2 aliphatic rings. The molecule has 0 aromatic heterocycles. The highest BCUT2D eigenvalue weighted by Crippen LogP contribution is 2.41. The number of rotatable bonds is 2. The fourth-order valence-electron chi connectivity index (χ4n) is 3.50. The molecule has 1 atom stereocenters. The van der Waals surface area contributed by atoms with Crippen LogP contribution in [0.4, 0.5) is 15.8 Å². The van der Waals surface area contributed by atoms with Gasteiger partial charge in [0.2, 0.25) is 0 Å². The second-order valence-electron chi connectivity index (χ2n) is 6.05. The lowest BCUT2D eigenvalue weighted by atomic mass is 9.86. The molecule has 1 spiro atoms. The zero-order chi connectivity index (χ0) is 14.3. The quantitative estimate of drug-likeness (QED) is 0.615. The Morgan fingerprint density at radius 3 is 2.65 bits per heavy atom. The summed E-state index contributed by atoms with van der Waals surface area (Å²) in [6, 6.07) is 3.93. The number of benzene rings is 1. The number of non-ortho nitro benzene ring substituents is 1. The molecule has 0 saturated carbocycles. The van der Waals surface area contributed by atoms with Crippen LogP contribution in [0.5, 0.6) is 0 Å². The summed E-state index contributed by atoms with van der Waals surface area (Å²) in [6.45, 7) is 3.81. The zero-order valence-corrected chi connectivity index (χ0v) is 11.5. The zero-order valence-electron chi connectivity index (χ0n) is 11.5. The Morgan fingerprint density at radius 1 is 1.30 bits per heavy atom. The molecule has 0 aliphatic carbocycles. The fraction of sp³-hybridized carbons (Fsp3) is 0.571. The minimum absolute atomic E-state index is 0.194. The van der Waals surface area contributed by atoms with Crippen LogP contribution in [0.15, 0.2) is 18.2 Å². The Kier molecular flexibility index (Phi) is 3.12. The van der Waals surface area contributed by atoms with Gasteiger partial charge in [0.1, 0.15) is 0 Å². The minimum atomic E-state index is -0.565. The van der Waals surface area contributed by atoms with Gasteiger partial charge in [0.25, 0.3) is 5.69 Å². The van der Waals surface area contributed by atoms with Gasteiger partial charge >= 0.3 is 0 Å². The van der Waals surface area contributed by atoms with Gasteiger partial charge < -0.3 is 9.80 Å². The fourth-order valence-corrected chi connectivity index (χ4v) is 3.50. The van der Waals surface area contributed by atoms with Gasteiger partial charge in [0.15, 0.2) is 5.82 Å². The summed E-state index contributed by atoms with van der Waals surface area (Å²) >= 11 is 0. The third-order valence-electron chi connectivity index (χ3n) is 4.55. The van der Waals surface area contributed by atoms with Crippen LogP contribution in [0, 0.1) is 21.3 Å². The SMILES string of the molecule is CN1CCC2(CCN(c3ccc([N+](=O)[O-])cc3F)C2)C1. The van der Waals surface area contributed by atoms with E-state index in [1.807, 2.05) is 4.90 Å². The van der Waals surface area contributed by atoms with Crippen molar-refractivity contribution in [2.75, 3.05) is 38.1 Å². The Labute approximate surface area is 117 Å². The Morgan fingerprint density at radius 2 is 2.05 bits per heavy atom. The number of nitro groups is 1. The van der Waals surface area contributed by atoms with Crippen molar-refractivity contribution >= 4 is 11.4 Å². The molecule has 2 fully saturated rings. The molecule has 2 saturated heterocycles. The molecule has 2 aliphatic heterocycles. The van der Waals surface area contributed by atoms with Crippen molar-refractivity contribution in [3.05, 3.63) is 34.1 Å². The number of nitro benzene ring substituents is 1. The van der Waals surface area contributed by atoms with Gasteiger partial charge in [-0.1, -0.05) is 0 Å². The van der Waals surface area contributed by atoms with Crippen LogP contribution in [-0.2, 0) is 0 Å². The first-order valence-electron chi connectivity index (χ1n) is 6.87. The second kappa shape index (κ2) is 4.70. The number of nitrogens with zero attached hydrogens (tertiary/aromatic N) is 3. The van der Waals surface area contributed by atoms with Crippen molar-refractivity contribution in [1.82, 2.24) is 4.90 Å². The highest BCUT2D eigenvalue weighted by atomic mass is 19.1. The smallest absolute Gasteiger partial charge is 0.272 e. The topological polar surface area (TPSA) is 49.6 Å². The molecule has 0 radical (unpaired) electrons. The molecule has 1 aromatic rings. The average Bonchev–Trinajstić information content (AvgIpc) is 2.97.